The van der Waals surface area contributed by atoms with E-state index in [1.54, 1.807) is 6.07 Å². The standard InChI is InChI=1S/C18H25FN2O/c1-4-18(5-2,17(22)20-6-3)16-11-10-15(21-16)13-8-7-9-14(19)12-13/h7-9,12,16H,4-6,10-11H2,1-3H3,(H,20,22)/t16-/m1/s1. The van der Waals surface area contributed by atoms with Crippen molar-refractivity contribution >= 4 is 11.6 Å². The van der Waals surface area contributed by atoms with Gasteiger partial charge in [0.1, 0.15) is 5.82 Å². The van der Waals surface area contributed by atoms with Crippen molar-refractivity contribution in [3.05, 3.63) is 35.6 Å². The molecule has 1 aromatic carbocycles. The molecule has 1 amide bonds. The molecule has 1 aromatic rings. The molecule has 1 atom stereocenters. The van der Waals surface area contributed by atoms with E-state index in [-0.39, 0.29) is 17.8 Å². The van der Waals surface area contributed by atoms with E-state index < -0.39 is 5.41 Å². The molecule has 1 aliphatic heterocycles. The SMILES string of the molecule is CCNC(=O)C(CC)(CC)[C@H]1CCC(c2cccc(F)c2)=N1. The Morgan fingerprint density at radius 2 is 2.09 bits per heavy atom. The van der Waals surface area contributed by atoms with E-state index in [0.717, 1.165) is 37.0 Å². The molecule has 1 aliphatic rings. The quantitative estimate of drug-likeness (QED) is 0.855. The molecule has 4 heteroatoms. The van der Waals surface area contributed by atoms with Gasteiger partial charge in [-0.3, -0.25) is 9.79 Å². The number of amides is 1. The molecule has 0 radical (unpaired) electrons. The fourth-order valence-corrected chi connectivity index (χ4v) is 3.41. The van der Waals surface area contributed by atoms with Gasteiger partial charge < -0.3 is 5.32 Å². The van der Waals surface area contributed by atoms with Crippen LogP contribution in [-0.2, 0) is 4.79 Å². The third-order valence-electron chi connectivity index (χ3n) is 4.81. The maximum atomic E-state index is 13.4. The largest absolute Gasteiger partial charge is 0.356 e. The molecule has 120 valence electrons. The van der Waals surface area contributed by atoms with Crippen LogP contribution in [0.25, 0.3) is 0 Å². The second-order valence-electron chi connectivity index (χ2n) is 5.86. The summed E-state index contributed by atoms with van der Waals surface area (Å²) in [6, 6.07) is 6.53. The van der Waals surface area contributed by atoms with E-state index in [2.05, 4.69) is 19.2 Å². The minimum Gasteiger partial charge on any atom is -0.356 e. The van der Waals surface area contributed by atoms with Crippen molar-refractivity contribution in [2.45, 2.75) is 52.5 Å². The Morgan fingerprint density at radius 1 is 1.36 bits per heavy atom. The van der Waals surface area contributed by atoms with Gasteiger partial charge >= 0.3 is 0 Å². The molecule has 0 aliphatic carbocycles. The number of halogens is 1. The van der Waals surface area contributed by atoms with Gasteiger partial charge in [0.25, 0.3) is 0 Å². The van der Waals surface area contributed by atoms with Gasteiger partial charge in [0.15, 0.2) is 0 Å². The Labute approximate surface area is 132 Å². The minimum atomic E-state index is -0.453. The Morgan fingerprint density at radius 3 is 2.68 bits per heavy atom. The van der Waals surface area contributed by atoms with Crippen LogP contribution >= 0.6 is 0 Å². The fraction of sp³-hybridized carbons (Fsp3) is 0.556. The monoisotopic (exact) mass is 304 g/mol. The van der Waals surface area contributed by atoms with Gasteiger partial charge in [0.2, 0.25) is 5.91 Å². The van der Waals surface area contributed by atoms with Crippen LogP contribution in [0.4, 0.5) is 4.39 Å². The summed E-state index contributed by atoms with van der Waals surface area (Å²) in [5, 5.41) is 2.96. The number of aliphatic imine (C=N–C) groups is 1. The van der Waals surface area contributed by atoms with Crippen molar-refractivity contribution in [1.82, 2.24) is 5.32 Å². The molecular weight excluding hydrogens is 279 g/mol. The molecule has 0 bridgehead atoms. The highest BCUT2D eigenvalue weighted by molar-refractivity contribution is 6.02. The summed E-state index contributed by atoms with van der Waals surface area (Å²) >= 11 is 0. The van der Waals surface area contributed by atoms with Gasteiger partial charge in [0, 0.05) is 12.3 Å². The van der Waals surface area contributed by atoms with E-state index in [1.165, 1.54) is 12.1 Å². The predicted molar refractivity (Wildman–Crippen MR) is 87.7 cm³/mol. The summed E-state index contributed by atoms with van der Waals surface area (Å²) in [4.78, 5) is 17.4. The Bertz CT molecular complexity index is 564. The average molecular weight is 304 g/mol. The molecule has 0 aromatic heterocycles. The topological polar surface area (TPSA) is 41.5 Å². The van der Waals surface area contributed by atoms with Gasteiger partial charge in [0.05, 0.1) is 11.5 Å². The van der Waals surface area contributed by atoms with Crippen LogP contribution in [0.2, 0.25) is 0 Å². The molecule has 1 N–H and O–H groups in total. The molecule has 22 heavy (non-hydrogen) atoms. The van der Waals surface area contributed by atoms with E-state index >= 15 is 0 Å². The van der Waals surface area contributed by atoms with Crippen LogP contribution in [0.1, 0.15) is 52.0 Å². The molecule has 2 rings (SSSR count). The zero-order valence-electron chi connectivity index (χ0n) is 13.7. The lowest BCUT2D eigenvalue weighted by Crippen LogP contribution is -2.46. The first-order chi connectivity index (χ1) is 10.6. The van der Waals surface area contributed by atoms with Crippen LogP contribution in [0.3, 0.4) is 0 Å². The summed E-state index contributed by atoms with van der Waals surface area (Å²) in [5.41, 5.74) is 1.30. The molecule has 0 spiro atoms. The molecule has 0 saturated heterocycles. The van der Waals surface area contributed by atoms with Gasteiger partial charge in [-0.1, -0.05) is 26.0 Å². The number of hydrogen-bond acceptors (Lipinski definition) is 2. The number of benzene rings is 1. The van der Waals surface area contributed by atoms with Crippen molar-refractivity contribution in [3.8, 4) is 0 Å². The van der Waals surface area contributed by atoms with Crippen molar-refractivity contribution in [2.75, 3.05) is 6.54 Å². The molecule has 0 fully saturated rings. The molecular formula is C18H25FN2O. The van der Waals surface area contributed by atoms with Crippen LogP contribution in [-0.4, -0.2) is 24.2 Å². The van der Waals surface area contributed by atoms with Crippen molar-refractivity contribution in [1.29, 1.82) is 0 Å². The maximum absolute atomic E-state index is 13.4. The maximum Gasteiger partial charge on any atom is 0.228 e. The predicted octanol–water partition coefficient (Wildman–Crippen LogP) is 3.72. The minimum absolute atomic E-state index is 0.0210. The van der Waals surface area contributed by atoms with Gasteiger partial charge in [-0.05, 0) is 50.3 Å². The highest BCUT2D eigenvalue weighted by Gasteiger charge is 2.44. The van der Waals surface area contributed by atoms with Gasteiger partial charge in [-0.25, -0.2) is 4.39 Å². The number of hydrogen-bond donors (Lipinski definition) is 1. The molecule has 0 unspecified atom stereocenters. The number of carbonyl (C=O) groups is 1. The van der Waals surface area contributed by atoms with Gasteiger partial charge in [-0.15, -0.1) is 0 Å². The van der Waals surface area contributed by atoms with Crippen LogP contribution < -0.4 is 5.32 Å². The first-order valence-corrected chi connectivity index (χ1v) is 8.18. The molecule has 0 saturated carbocycles. The Hall–Kier alpha value is -1.71. The first kappa shape index (κ1) is 16.7. The summed E-state index contributed by atoms with van der Waals surface area (Å²) in [6.07, 6.45) is 3.18. The number of nitrogens with one attached hydrogen (secondary N) is 1. The Kier molecular flexibility index (Phi) is 5.33. The van der Waals surface area contributed by atoms with Crippen molar-refractivity contribution < 1.29 is 9.18 Å². The number of nitrogens with zero attached hydrogens (tertiary/aromatic N) is 1. The summed E-state index contributed by atoms with van der Waals surface area (Å²) in [5.74, 6) is -0.154. The lowest BCUT2D eigenvalue weighted by Gasteiger charge is -2.34. The molecule has 1 heterocycles. The molecule has 3 nitrogen and oxygen atoms in total. The first-order valence-electron chi connectivity index (χ1n) is 8.18. The summed E-state index contributed by atoms with van der Waals surface area (Å²) < 4.78 is 13.4. The fourth-order valence-electron chi connectivity index (χ4n) is 3.41. The van der Waals surface area contributed by atoms with E-state index in [4.69, 9.17) is 4.99 Å². The zero-order valence-corrected chi connectivity index (χ0v) is 13.7. The lowest BCUT2D eigenvalue weighted by atomic mass is 9.74. The highest BCUT2D eigenvalue weighted by Crippen LogP contribution is 2.39. The van der Waals surface area contributed by atoms with Gasteiger partial charge in [-0.2, -0.15) is 0 Å². The number of rotatable bonds is 6. The van der Waals surface area contributed by atoms with Crippen molar-refractivity contribution in [2.24, 2.45) is 10.4 Å². The third-order valence-corrected chi connectivity index (χ3v) is 4.81. The van der Waals surface area contributed by atoms with Crippen LogP contribution in [0.5, 0.6) is 0 Å². The zero-order chi connectivity index (χ0) is 16.2. The van der Waals surface area contributed by atoms with E-state index in [9.17, 15) is 9.18 Å². The van der Waals surface area contributed by atoms with E-state index in [1.807, 2.05) is 13.0 Å². The normalized spacial score (nSPS) is 18.2. The third kappa shape index (κ3) is 3.06. The second-order valence-corrected chi connectivity index (χ2v) is 5.86. The van der Waals surface area contributed by atoms with Crippen LogP contribution in [0.15, 0.2) is 29.3 Å². The smallest absolute Gasteiger partial charge is 0.228 e. The average Bonchev–Trinajstić information content (AvgIpc) is 3.00. The summed E-state index contributed by atoms with van der Waals surface area (Å²) in [6.45, 7) is 6.67. The second kappa shape index (κ2) is 7.03. The van der Waals surface area contributed by atoms with E-state index in [0.29, 0.717) is 6.54 Å². The lowest BCUT2D eigenvalue weighted by molar-refractivity contribution is -0.132. The number of carbonyl (C=O) groups excluding carboxylic acids is 1. The van der Waals surface area contributed by atoms with Crippen LogP contribution in [0, 0.1) is 11.2 Å². The highest BCUT2D eigenvalue weighted by atomic mass is 19.1. The van der Waals surface area contributed by atoms with Crippen molar-refractivity contribution in [3.63, 3.8) is 0 Å². The Balaban J connectivity index is 2.30. The summed E-state index contributed by atoms with van der Waals surface area (Å²) in [7, 11) is 0.